The smallest absolute Gasteiger partial charge is 0.405 e. The Hall–Kier alpha value is -0.750. The Morgan fingerprint density at radius 2 is 2.06 bits per heavy atom. The molecule has 0 aliphatic carbocycles. The second kappa shape index (κ2) is 6.43. The largest absolute Gasteiger partial charge is 0.573 e. The van der Waals surface area contributed by atoms with Crippen LogP contribution in [0.2, 0.25) is 0 Å². The number of ether oxygens (including phenoxy) is 1. The van der Waals surface area contributed by atoms with Gasteiger partial charge in [-0.05, 0) is 17.7 Å². The molecule has 1 aromatic carbocycles. The monoisotopic (exact) mass is 344 g/mol. The van der Waals surface area contributed by atoms with Crippen LogP contribution >= 0.6 is 27.5 Å². The van der Waals surface area contributed by atoms with E-state index in [0.29, 0.717) is 10.9 Å². The van der Waals surface area contributed by atoms with Crippen molar-refractivity contribution in [3.63, 3.8) is 0 Å². The summed E-state index contributed by atoms with van der Waals surface area (Å²) in [6.45, 7) is 0. The lowest BCUT2D eigenvalue weighted by molar-refractivity contribution is -0.274. The van der Waals surface area contributed by atoms with E-state index in [1.165, 1.54) is 12.1 Å². The van der Waals surface area contributed by atoms with E-state index in [1.807, 2.05) is 0 Å². The summed E-state index contributed by atoms with van der Waals surface area (Å²) >= 11 is 8.59. The van der Waals surface area contributed by atoms with Crippen LogP contribution < -0.4 is 4.74 Å². The quantitative estimate of drug-likeness (QED) is 0.588. The predicted octanol–water partition coefficient (Wildman–Crippen LogP) is 4.29. The maximum Gasteiger partial charge on any atom is 0.573 e. The number of hydrogen-bond acceptors (Lipinski definition) is 2. The van der Waals surface area contributed by atoms with Gasteiger partial charge in [-0.15, -0.1) is 24.8 Å². The van der Waals surface area contributed by atoms with Crippen molar-refractivity contribution in [1.29, 1.82) is 0 Å². The molecule has 0 N–H and O–H groups in total. The van der Waals surface area contributed by atoms with E-state index in [-0.39, 0.29) is 17.9 Å². The van der Waals surface area contributed by atoms with Gasteiger partial charge in [-0.3, -0.25) is 4.79 Å². The molecule has 0 saturated carbocycles. The molecule has 0 fully saturated rings. The first-order chi connectivity index (χ1) is 8.37. The summed E-state index contributed by atoms with van der Waals surface area (Å²) in [5, 5.41) is 0.370. The SMILES string of the molecule is O=C(CCBr)c1ccc(CCl)cc1OC(F)(F)F. The van der Waals surface area contributed by atoms with Crippen LogP contribution in [0, 0.1) is 0 Å². The maximum atomic E-state index is 12.2. The zero-order valence-electron chi connectivity index (χ0n) is 9.06. The lowest BCUT2D eigenvalue weighted by atomic mass is 10.1. The number of ketones is 1. The molecule has 0 aliphatic heterocycles. The van der Waals surface area contributed by atoms with Gasteiger partial charge in [0.2, 0.25) is 0 Å². The third kappa shape index (κ3) is 4.49. The van der Waals surface area contributed by atoms with Gasteiger partial charge < -0.3 is 4.74 Å². The molecule has 0 spiro atoms. The third-order valence-corrected chi connectivity index (χ3v) is 2.75. The number of halogens is 5. The Morgan fingerprint density at radius 1 is 1.39 bits per heavy atom. The summed E-state index contributed by atoms with van der Waals surface area (Å²) in [6, 6.07) is 3.92. The molecule has 0 atom stereocenters. The van der Waals surface area contributed by atoms with Crippen LogP contribution in [0.5, 0.6) is 5.75 Å². The molecule has 7 heteroatoms. The fourth-order valence-electron chi connectivity index (χ4n) is 1.31. The second-order valence-corrected chi connectivity index (χ2v) is 4.43. The molecule has 0 bridgehead atoms. The summed E-state index contributed by atoms with van der Waals surface area (Å²) in [4.78, 5) is 11.6. The van der Waals surface area contributed by atoms with Crippen molar-refractivity contribution in [3.05, 3.63) is 29.3 Å². The van der Waals surface area contributed by atoms with E-state index < -0.39 is 17.9 Å². The highest BCUT2D eigenvalue weighted by Crippen LogP contribution is 2.29. The number of hydrogen-bond donors (Lipinski definition) is 0. The number of carbonyl (C=O) groups excluding carboxylic acids is 1. The number of carbonyl (C=O) groups is 1. The Bertz CT molecular complexity index is 435. The summed E-state index contributed by atoms with van der Waals surface area (Å²) in [7, 11) is 0. The molecule has 18 heavy (non-hydrogen) atoms. The average Bonchev–Trinajstić information content (AvgIpc) is 2.27. The minimum Gasteiger partial charge on any atom is -0.405 e. The van der Waals surface area contributed by atoms with E-state index in [9.17, 15) is 18.0 Å². The summed E-state index contributed by atoms with van der Waals surface area (Å²) in [5.74, 6) is -0.889. The zero-order valence-corrected chi connectivity index (χ0v) is 11.4. The van der Waals surface area contributed by atoms with Crippen LogP contribution in [0.25, 0.3) is 0 Å². The predicted molar refractivity (Wildman–Crippen MR) is 65.4 cm³/mol. The Morgan fingerprint density at radius 3 is 2.56 bits per heavy atom. The Balaban J connectivity index is 3.12. The van der Waals surface area contributed by atoms with E-state index in [2.05, 4.69) is 20.7 Å². The first kappa shape index (κ1) is 15.3. The van der Waals surface area contributed by atoms with E-state index in [4.69, 9.17) is 11.6 Å². The van der Waals surface area contributed by atoms with Gasteiger partial charge in [0.05, 0.1) is 5.56 Å². The number of rotatable bonds is 5. The van der Waals surface area contributed by atoms with Gasteiger partial charge in [-0.1, -0.05) is 22.0 Å². The zero-order chi connectivity index (χ0) is 13.8. The van der Waals surface area contributed by atoms with Crippen molar-refractivity contribution in [3.8, 4) is 5.75 Å². The van der Waals surface area contributed by atoms with Crippen LogP contribution in [-0.4, -0.2) is 17.5 Å². The number of benzene rings is 1. The lowest BCUT2D eigenvalue weighted by Crippen LogP contribution is -2.19. The van der Waals surface area contributed by atoms with Crippen LogP contribution in [-0.2, 0) is 5.88 Å². The van der Waals surface area contributed by atoms with Crippen molar-refractivity contribution in [2.45, 2.75) is 18.7 Å². The van der Waals surface area contributed by atoms with Crippen LogP contribution in [0.3, 0.4) is 0 Å². The molecule has 0 aromatic heterocycles. The second-order valence-electron chi connectivity index (χ2n) is 3.37. The third-order valence-electron chi connectivity index (χ3n) is 2.05. The standard InChI is InChI=1S/C11H9BrClF3O2/c12-4-3-9(17)8-2-1-7(6-13)5-10(8)18-11(14,15)16/h1-2,5H,3-4,6H2. The highest BCUT2D eigenvalue weighted by Gasteiger charge is 2.33. The Labute approximate surface area is 115 Å². The number of Topliss-reactive ketones (excluding diaryl/α,β-unsaturated/α-hetero) is 1. The molecular weight excluding hydrogens is 336 g/mol. The van der Waals surface area contributed by atoms with Gasteiger partial charge >= 0.3 is 6.36 Å². The van der Waals surface area contributed by atoms with Gasteiger partial charge in [0, 0.05) is 17.6 Å². The van der Waals surface area contributed by atoms with Gasteiger partial charge in [0.1, 0.15) is 5.75 Å². The maximum absolute atomic E-state index is 12.2. The fourth-order valence-corrected chi connectivity index (χ4v) is 1.84. The van der Waals surface area contributed by atoms with Crippen molar-refractivity contribution >= 4 is 33.3 Å². The molecule has 0 radical (unpaired) electrons. The highest BCUT2D eigenvalue weighted by atomic mass is 79.9. The first-order valence-corrected chi connectivity index (χ1v) is 6.56. The number of alkyl halides is 5. The molecule has 1 rings (SSSR count). The molecule has 1 aromatic rings. The van der Waals surface area contributed by atoms with Crippen LogP contribution in [0.15, 0.2) is 18.2 Å². The normalized spacial score (nSPS) is 11.4. The van der Waals surface area contributed by atoms with Crippen molar-refractivity contribution in [2.75, 3.05) is 5.33 Å². The molecule has 0 amide bonds. The van der Waals surface area contributed by atoms with Gasteiger partial charge in [0.15, 0.2) is 5.78 Å². The highest BCUT2D eigenvalue weighted by molar-refractivity contribution is 9.09. The first-order valence-electron chi connectivity index (χ1n) is 4.91. The van der Waals surface area contributed by atoms with Crippen molar-refractivity contribution in [2.24, 2.45) is 0 Å². The fraction of sp³-hybridized carbons (Fsp3) is 0.364. The van der Waals surface area contributed by atoms with Gasteiger partial charge in [-0.2, -0.15) is 0 Å². The van der Waals surface area contributed by atoms with Gasteiger partial charge in [0.25, 0.3) is 0 Å². The van der Waals surface area contributed by atoms with E-state index in [0.717, 1.165) is 6.07 Å². The van der Waals surface area contributed by atoms with Crippen molar-refractivity contribution in [1.82, 2.24) is 0 Å². The summed E-state index contributed by atoms with van der Waals surface area (Å²) < 4.78 is 40.5. The molecule has 100 valence electrons. The summed E-state index contributed by atoms with van der Waals surface area (Å²) in [5.41, 5.74) is 0.354. The molecule has 0 aliphatic rings. The van der Waals surface area contributed by atoms with Crippen LogP contribution in [0.4, 0.5) is 13.2 Å². The molecule has 0 unspecified atom stereocenters. The van der Waals surface area contributed by atoms with E-state index >= 15 is 0 Å². The molecule has 0 saturated heterocycles. The molecule has 0 heterocycles. The average molecular weight is 346 g/mol. The Kier molecular flexibility index (Phi) is 5.47. The minimum absolute atomic E-state index is 0.0428. The van der Waals surface area contributed by atoms with Crippen LogP contribution in [0.1, 0.15) is 22.3 Å². The van der Waals surface area contributed by atoms with Gasteiger partial charge in [-0.25, -0.2) is 0 Å². The van der Waals surface area contributed by atoms with E-state index in [1.54, 1.807) is 0 Å². The summed E-state index contributed by atoms with van der Waals surface area (Å²) in [6.07, 6.45) is -4.75. The van der Waals surface area contributed by atoms with Crippen molar-refractivity contribution < 1.29 is 22.7 Å². The molecule has 2 nitrogen and oxygen atoms in total. The molecular formula is C11H9BrClF3O2. The minimum atomic E-state index is -4.84. The topological polar surface area (TPSA) is 26.3 Å². The lowest BCUT2D eigenvalue weighted by Gasteiger charge is -2.13.